The van der Waals surface area contributed by atoms with Crippen LogP contribution >= 0.6 is 11.3 Å². The Balaban J connectivity index is 2.73. The van der Waals surface area contributed by atoms with Crippen LogP contribution in [0.2, 0.25) is 0 Å². The molecule has 6 heteroatoms. The Morgan fingerprint density at radius 1 is 1.33 bits per heavy atom. The third-order valence-electron chi connectivity index (χ3n) is 3.38. The zero-order valence-corrected chi connectivity index (χ0v) is 12.1. The summed E-state index contributed by atoms with van der Waals surface area (Å²) in [5.41, 5.74) is 5.25. The highest BCUT2D eigenvalue weighted by Crippen LogP contribution is 2.27. The van der Waals surface area contributed by atoms with Crippen molar-refractivity contribution in [1.82, 2.24) is 10.2 Å². The van der Waals surface area contributed by atoms with Gasteiger partial charge in [0.2, 0.25) is 11.0 Å². The fourth-order valence-corrected chi connectivity index (χ4v) is 2.64. The summed E-state index contributed by atoms with van der Waals surface area (Å²) in [4.78, 5) is 12.2. The Morgan fingerprint density at radius 3 is 2.50 bits per heavy atom. The second kappa shape index (κ2) is 6.80. The van der Waals surface area contributed by atoms with Crippen molar-refractivity contribution in [1.29, 1.82) is 0 Å². The first-order chi connectivity index (χ1) is 8.61. The smallest absolute Gasteiger partial charge is 0.233 e. The van der Waals surface area contributed by atoms with Crippen LogP contribution in [0.5, 0.6) is 0 Å². The van der Waals surface area contributed by atoms with Crippen molar-refractivity contribution >= 4 is 22.4 Å². The van der Waals surface area contributed by atoms with Crippen molar-refractivity contribution < 1.29 is 4.79 Å². The third kappa shape index (κ3) is 3.26. The molecule has 0 aliphatic carbocycles. The first-order valence-electron chi connectivity index (χ1n) is 6.45. The maximum absolute atomic E-state index is 12.2. The molecular formula is C12H22N4OS. The summed E-state index contributed by atoms with van der Waals surface area (Å²) in [6, 6.07) is 0. The molecule has 0 fully saturated rings. The summed E-state index contributed by atoms with van der Waals surface area (Å²) in [7, 11) is 0. The Labute approximate surface area is 112 Å². The lowest BCUT2D eigenvalue weighted by Gasteiger charge is -2.27. The Kier molecular flexibility index (Phi) is 5.68. The Morgan fingerprint density at radius 2 is 2.00 bits per heavy atom. The quantitative estimate of drug-likeness (QED) is 0.796. The first-order valence-corrected chi connectivity index (χ1v) is 7.27. The molecule has 5 nitrogen and oxygen atoms in total. The van der Waals surface area contributed by atoms with Crippen LogP contribution in [-0.2, 0) is 11.2 Å². The van der Waals surface area contributed by atoms with Crippen LogP contribution in [0, 0.1) is 5.41 Å². The van der Waals surface area contributed by atoms with Gasteiger partial charge in [-0.1, -0.05) is 32.1 Å². The van der Waals surface area contributed by atoms with Gasteiger partial charge in [0.05, 0.1) is 5.41 Å². The molecule has 0 bridgehead atoms. The Bertz CT molecular complexity index is 379. The van der Waals surface area contributed by atoms with Gasteiger partial charge in [-0.3, -0.25) is 10.1 Å². The standard InChI is InChI=1S/C12H22N4OS/c1-4-7-9-15-16-11(18-9)14-10(17)12(5-2,6-3)8-13/h4-8,13H2,1-3H3,(H,14,16,17). The third-order valence-corrected chi connectivity index (χ3v) is 4.28. The van der Waals surface area contributed by atoms with Gasteiger partial charge < -0.3 is 5.73 Å². The molecule has 0 aliphatic heterocycles. The summed E-state index contributed by atoms with van der Waals surface area (Å²) in [6.07, 6.45) is 3.38. The lowest BCUT2D eigenvalue weighted by Crippen LogP contribution is -2.41. The average molecular weight is 270 g/mol. The van der Waals surface area contributed by atoms with E-state index in [1.165, 1.54) is 11.3 Å². The van der Waals surface area contributed by atoms with E-state index in [-0.39, 0.29) is 5.91 Å². The van der Waals surface area contributed by atoms with Crippen molar-refractivity contribution in [2.45, 2.75) is 46.5 Å². The van der Waals surface area contributed by atoms with E-state index in [1.807, 2.05) is 13.8 Å². The number of aromatic nitrogens is 2. The molecule has 0 saturated carbocycles. The van der Waals surface area contributed by atoms with Crippen LogP contribution in [0.3, 0.4) is 0 Å². The summed E-state index contributed by atoms with van der Waals surface area (Å²) in [5, 5.41) is 12.4. The number of nitrogens with zero attached hydrogens (tertiary/aromatic N) is 2. The minimum atomic E-state index is -0.489. The second-order valence-electron chi connectivity index (χ2n) is 4.40. The van der Waals surface area contributed by atoms with E-state index in [9.17, 15) is 4.79 Å². The minimum absolute atomic E-state index is 0.0470. The van der Waals surface area contributed by atoms with E-state index >= 15 is 0 Å². The molecule has 0 atom stereocenters. The number of anilines is 1. The number of hydrogen-bond donors (Lipinski definition) is 2. The van der Waals surface area contributed by atoms with E-state index in [0.717, 1.165) is 30.7 Å². The molecule has 0 unspecified atom stereocenters. The highest BCUT2D eigenvalue weighted by molar-refractivity contribution is 7.15. The molecule has 0 spiro atoms. The summed E-state index contributed by atoms with van der Waals surface area (Å²) < 4.78 is 0. The highest BCUT2D eigenvalue weighted by Gasteiger charge is 2.33. The van der Waals surface area contributed by atoms with Gasteiger partial charge in [0.15, 0.2) is 0 Å². The number of hydrogen-bond acceptors (Lipinski definition) is 5. The highest BCUT2D eigenvalue weighted by atomic mass is 32.1. The molecule has 1 aromatic rings. The largest absolute Gasteiger partial charge is 0.329 e. The minimum Gasteiger partial charge on any atom is -0.329 e. The van der Waals surface area contributed by atoms with Crippen LogP contribution in [0.4, 0.5) is 5.13 Å². The van der Waals surface area contributed by atoms with Gasteiger partial charge in [-0.15, -0.1) is 10.2 Å². The van der Waals surface area contributed by atoms with E-state index in [1.54, 1.807) is 0 Å². The summed E-state index contributed by atoms with van der Waals surface area (Å²) >= 11 is 1.44. The van der Waals surface area contributed by atoms with Crippen LogP contribution in [0.15, 0.2) is 0 Å². The molecule has 0 aromatic carbocycles. The number of aryl methyl sites for hydroxylation is 1. The number of amides is 1. The van der Waals surface area contributed by atoms with Crippen LogP contribution < -0.4 is 11.1 Å². The molecule has 102 valence electrons. The maximum Gasteiger partial charge on any atom is 0.233 e. The molecule has 1 heterocycles. The number of carbonyl (C=O) groups excluding carboxylic acids is 1. The van der Waals surface area contributed by atoms with Gasteiger partial charge in [-0.05, 0) is 19.3 Å². The molecule has 0 aliphatic rings. The van der Waals surface area contributed by atoms with Gasteiger partial charge in [-0.2, -0.15) is 0 Å². The predicted molar refractivity (Wildman–Crippen MR) is 74.6 cm³/mol. The van der Waals surface area contributed by atoms with Gasteiger partial charge in [-0.25, -0.2) is 0 Å². The average Bonchev–Trinajstić information content (AvgIpc) is 2.80. The van der Waals surface area contributed by atoms with Crippen LogP contribution in [-0.4, -0.2) is 22.6 Å². The molecule has 0 radical (unpaired) electrons. The number of rotatable bonds is 7. The van der Waals surface area contributed by atoms with E-state index in [2.05, 4.69) is 22.4 Å². The molecule has 0 saturated heterocycles. The zero-order valence-electron chi connectivity index (χ0n) is 11.3. The molecule has 1 aromatic heterocycles. The monoisotopic (exact) mass is 270 g/mol. The molecule has 18 heavy (non-hydrogen) atoms. The lowest BCUT2D eigenvalue weighted by molar-refractivity contribution is -0.125. The van der Waals surface area contributed by atoms with Crippen LogP contribution in [0.25, 0.3) is 0 Å². The van der Waals surface area contributed by atoms with Crippen molar-refractivity contribution in [2.24, 2.45) is 11.1 Å². The van der Waals surface area contributed by atoms with Crippen molar-refractivity contribution in [2.75, 3.05) is 11.9 Å². The Hall–Kier alpha value is -1.01. The van der Waals surface area contributed by atoms with Gasteiger partial charge in [0, 0.05) is 13.0 Å². The van der Waals surface area contributed by atoms with Gasteiger partial charge in [0.1, 0.15) is 5.01 Å². The molecular weight excluding hydrogens is 248 g/mol. The zero-order chi connectivity index (χ0) is 13.6. The fourth-order valence-electron chi connectivity index (χ4n) is 1.80. The molecule has 1 rings (SSSR count). The van der Waals surface area contributed by atoms with E-state index in [0.29, 0.717) is 11.7 Å². The van der Waals surface area contributed by atoms with E-state index < -0.39 is 5.41 Å². The van der Waals surface area contributed by atoms with Crippen molar-refractivity contribution in [3.8, 4) is 0 Å². The maximum atomic E-state index is 12.2. The topological polar surface area (TPSA) is 80.9 Å². The second-order valence-corrected chi connectivity index (χ2v) is 5.46. The predicted octanol–water partition coefficient (Wildman–Crippen LogP) is 2.19. The summed E-state index contributed by atoms with van der Waals surface area (Å²) in [5.74, 6) is -0.0470. The summed E-state index contributed by atoms with van der Waals surface area (Å²) in [6.45, 7) is 6.41. The first kappa shape index (κ1) is 15.0. The van der Waals surface area contributed by atoms with Gasteiger partial charge in [0.25, 0.3) is 0 Å². The molecule has 3 N–H and O–H groups in total. The van der Waals surface area contributed by atoms with E-state index in [4.69, 9.17) is 5.73 Å². The lowest BCUT2D eigenvalue weighted by atomic mass is 9.81. The fraction of sp³-hybridized carbons (Fsp3) is 0.750. The number of nitrogens with two attached hydrogens (primary N) is 1. The normalized spacial score (nSPS) is 11.6. The SMILES string of the molecule is CCCc1nnc(NC(=O)C(CC)(CC)CN)s1. The molecule has 1 amide bonds. The van der Waals surface area contributed by atoms with Gasteiger partial charge >= 0.3 is 0 Å². The number of carbonyl (C=O) groups is 1. The van der Waals surface area contributed by atoms with Crippen LogP contribution in [0.1, 0.15) is 45.0 Å². The number of nitrogens with one attached hydrogen (secondary N) is 1. The van der Waals surface area contributed by atoms with Crippen molar-refractivity contribution in [3.05, 3.63) is 5.01 Å². The van der Waals surface area contributed by atoms with Crippen molar-refractivity contribution in [3.63, 3.8) is 0 Å².